The Kier molecular flexibility index (Phi) is 6.00. The number of likely N-dealkylation sites (tertiary alicyclic amines) is 1. The second-order valence-electron chi connectivity index (χ2n) is 7.21. The molecule has 0 aromatic heterocycles. The maximum atomic E-state index is 13.3. The van der Waals surface area contributed by atoms with Gasteiger partial charge in [-0.2, -0.15) is 0 Å². The van der Waals surface area contributed by atoms with Crippen LogP contribution in [-0.2, 0) is 6.54 Å². The second-order valence-corrected chi connectivity index (χ2v) is 7.21. The first-order chi connectivity index (χ1) is 11.2. The number of halogens is 1. The molecular weight excluding hydrogens is 293 g/mol. The summed E-state index contributed by atoms with van der Waals surface area (Å²) in [5.41, 5.74) is 1.12. The van der Waals surface area contributed by atoms with Crippen molar-refractivity contribution in [2.45, 2.75) is 25.4 Å². The van der Waals surface area contributed by atoms with Crippen LogP contribution < -0.4 is 14.7 Å². The summed E-state index contributed by atoms with van der Waals surface area (Å²) in [6.07, 6.45) is 2.57. The molecule has 5 heteroatoms. The van der Waals surface area contributed by atoms with Crippen molar-refractivity contribution in [3.8, 4) is 0 Å². The number of rotatable bonds is 5. The monoisotopic (exact) mass is 324 g/mol. The van der Waals surface area contributed by atoms with Crippen LogP contribution in [0, 0.1) is 5.82 Å². The summed E-state index contributed by atoms with van der Waals surface area (Å²) in [6.45, 7) is 9.48. The van der Waals surface area contributed by atoms with Gasteiger partial charge in [-0.25, -0.2) is 4.39 Å². The molecule has 4 N–H and O–H groups in total. The van der Waals surface area contributed by atoms with Gasteiger partial charge in [-0.3, -0.25) is 0 Å². The number of hydrogen-bond acceptors (Lipinski definition) is 1. The summed E-state index contributed by atoms with van der Waals surface area (Å²) in [7, 11) is 0. The van der Waals surface area contributed by atoms with Gasteiger partial charge in [-0.1, -0.05) is 12.1 Å². The van der Waals surface area contributed by atoms with Crippen LogP contribution in [0.25, 0.3) is 0 Å². The lowest BCUT2D eigenvalue weighted by atomic mass is 10.0. The summed E-state index contributed by atoms with van der Waals surface area (Å²) in [5.74, 6) is -0.121. The third kappa shape index (κ3) is 4.73. The number of quaternary nitrogens is 3. The van der Waals surface area contributed by atoms with E-state index in [0.717, 1.165) is 24.7 Å². The Morgan fingerprint density at radius 1 is 1.00 bits per heavy atom. The van der Waals surface area contributed by atoms with Gasteiger partial charge in [0.1, 0.15) is 45.1 Å². The van der Waals surface area contributed by atoms with Crippen molar-refractivity contribution in [1.29, 1.82) is 0 Å². The van der Waals surface area contributed by atoms with E-state index in [9.17, 15) is 4.39 Å². The lowest BCUT2D eigenvalue weighted by Gasteiger charge is -2.37. The quantitative estimate of drug-likeness (QED) is 0.462. The van der Waals surface area contributed by atoms with Crippen LogP contribution in [0.1, 0.15) is 18.4 Å². The first-order valence-electron chi connectivity index (χ1n) is 9.11. The van der Waals surface area contributed by atoms with E-state index >= 15 is 0 Å². The molecule has 0 aliphatic carbocycles. The fourth-order valence-electron chi connectivity index (χ4n) is 4.29. The molecule has 0 amide bonds. The van der Waals surface area contributed by atoms with E-state index in [1.165, 1.54) is 58.2 Å². The molecule has 0 saturated carbocycles. The highest BCUT2D eigenvalue weighted by molar-refractivity contribution is 5.14. The Hall–Kier alpha value is -1.01. The second kappa shape index (κ2) is 8.20. The Labute approximate surface area is 138 Å². The van der Waals surface area contributed by atoms with Crippen molar-refractivity contribution in [1.82, 2.24) is 0 Å². The van der Waals surface area contributed by atoms with Crippen molar-refractivity contribution in [2.24, 2.45) is 0 Å². The molecule has 1 aromatic rings. The molecule has 128 valence electrons. The SMILES string of the molecule is OCC[NH+]1CC[NH+](C2CC[NH+](Cc3cccc(F)c3)CC2)CC1. The first-order valence-corrected chi connectivity index (χ1v) is 9.11. The predicted octanol–water partition coefficient (Wildman–Crippen LogP) is -2.85. The third-order valence-corrected chi connectivity index (χ3v) is 5.68. The van der Waals surface area contributed by atoms with E-state index in [2.05, 4.69) is 0 Å². The fourth-order valence-corrected chi connectivity index (χ4v) is 4.29. The number of aliphatic hydroxyl groups excluding tert-OH is 1. The van der Waals surface area contributed by atoms with Gasteiger partial charge in [0.15, 0.2) is 0 Å². The molecule has 0 bridgehead atoms. The molecule has 2 aliphatic rings. The van der Waals surface area contributed by atoms with Crippen LogP contribution in [-0.4, -0.2) is 63.6 Å². The van der Waals surface area contributed by atoms with E-state index in [1.54, 1.807) is 20.8 Å². The minimum atomic E-state index is -0.121. The minimum Gasteiger partial charge on any atom is -0.391 e. The lowest BCUT2D eigenvalue weighted by molar-refractivity contribution is -1.03. The molecule has 0 spiro atoms. The van der Waals surface area contributed by atoms with Gasteiger partial charge >= 0.3 is 0 Å². The largest absolute Gasteiger partial charge is 0.391 e. The van der Waals surface area contributed by atoms with Crippen LogP contribution in [0.4, 0.5) is 4.39 Å². The normalized spacial score (nSPS) is 31.9. The van der Waals surface area contributed by atoms with E-state index in [4.69, 9.17) is 5.11 Å². The zero-order valence-corrected chi connectivity index (χ0v) is 14.0. The fraction of sp³-hybridized carbons (Fsp3) is 0.667. The van der Waals surface area contributed by atoms with Gasteiger partial charge < -0.3 is 19.8 Å². The molecular formula is C18H31FN3O+3. The van der Waals surface area contributed by atoms with Gasteiger partial charge in [0.05, 0.1) is 25.7 Å². The number of piperidine rings is 1. The summed E-state index contributed by atoms with van der Waals surface area (Å²) < 4.78 is 13.3. The van der Waals surface area contributed by atoms with Crippen LogP contribution in [0.3, 0.4) is 0 Å². The van der Waals surface area contributed by atoms with E-state index in [1.807, 2.05) is 12.1 Å². The van der Waals surface area contributed by atoms with Crippen LogP contribution >= 0.6 is 0 Å². The number of benzene rings is 1. The molecule has 2 saturated heterocycles. The van der Waals surface area contributed by atoms with Crippen molar-refractivity contribution in [3.63, 3.8) is 0 Å². The predicted molar refractivity (Wildman–Crippen MR) is 87.2 cm³/mol. The smallest absolute Gasteiger partial charge is 0.127 e. The number of hydrogen-bond donors (Lipinski definition) is 4. The number of piperazine rings is 1. The molecule has 2 heterocycles. The van der Waals surface area contributed by atoms with E-state index < -0.39 is 0 Å². The molecule has 2 fully saturated rings. The summed E-state index contributed by atoms with van der Waals surface area (Å²) in [5, 5.41) is 9.05. The van der Waals surface area contributed by atoms with Gasteiger partial charge in [0, 0.05) is 18.4 Å². The van der Waals surface area contributed by atoms with Crippen LogP contribution in [0.2, 0.25) is 0 Å². The van der Waals surface area contributed by atoms with Crippen LogP contribution in [0.5, 0.6) is 0 Å². The molecule has 23 heavy (non-hydrogen) atoms. The van der Waals surface area contributed by atoms with Crippen molar-refractivity contribution in [3.05, 3.63) is 35.6 Å². The van der Waals surface area contributed by atoms with Crippen molar-refractivity contribution >= 4 is 0 Å². The Morgan fingerprint density at radius 3 is 2.39 bits per heavy atom. The number of nitrogens with one attached hydrogen (secondary N) is 3. The van der Waals surface area contributed by atoms with Crippen molar-refractivity contribution in [2.75, 3.05) is 52.4 Å². The highest BCUT2D eigenvalue weighted by atomic mass is 19.1. The zero-order valence-electron chi connectivity index (χ0n) is 14.0. The zero-order chi connectivity index (χ0) is 16.1. The first kappa shape index (κ1) is 16.8. The molecule has 2 aliphatic heterocycles. The molecule has 0 radical (unpaired) electrons. The standard InChI is InChI=1S/C18H28FN3O/c19-17-3-1-2-16(14-17)15-21-6-4-18(5-7-21)22-10-8-20(9-11-22)12-13-23/h1-3,14,18,23H,4-13,15H2/p+3. The van der Waals surface area contributed by atoms with Gasteiger partial charge in [0.2, 0.25) is 0 Å². The van der Waals surface area contributed by atoms with Gasteiger partial charge in [-0.05, 0) is 12.1 Å². The third-order valence-electron chi connectivity index (χ3n) is 5.68. The van der Waals surface area contributed by atoms with Crippen LogP contribution in [0.15, 0.2) is 24.3 Å². The molecule has 0 atom stereocenters. The Morgan fingerprint density at radius 2 is 1.74 bits per heavy atom. The van der Waals surface area contributed by atoms with E-state index in [0.29, 0.717) is 6.61 Å². The van der Waals surface area contributed by atoms with Gasteiger partial charge in [-0.15, -0.1) is 0 Å². The van der Waals surface area contributed by atoms with Gasteiger partial charge in [0.25, 0.3) is 0 Å². The Bertz CT molecular complexity index is 483. The topological polar surface area (TPSA) is 33.6 Å². The average Bonchev–Trinajstić information content (AvgIpc) is 2.57. The summed E-state index contributed by atoms with van der Waals surface area (Å²) in [4.78, 5) is 4.93. The summed E-state index contributed by atoms with van der Waals surface area (Å²) in [6, 6.07) is 7.86. The molecule has 4 nitrogen and oxygen atoms in total. The van der Waals surface area contributed by atoms with Crippen molar-refractivity contribution < 1.29 is 24.2 Å². The molecule has 0 unspecified atom stereocenters. The summed E-state index contributed by atoms with van der Waals surface area (Å²) >= 11 is 0. The highest BCUT2D eigenvalue weighted by Crippen LogP contribution is 2.03. The maximum Gasteiger partial charge on any atom is 0.127 e. The lowest BCUT2D eigenvalue weighted by Crippen LogP contribution is -3.30. The maximum absolute atomic E-state index is 13.3. The highest BCUT2D eigenvalue weighted by Gasteiger charge is 2.33. The number of aliphatic hydroxyl groups is 1. The minimum absolute atomic E-state index is 0.121. The average molecular weight is 324 g/mol. The van der Waals surface area contributed by atoms with E-state index in [-0.39, 0.29) is 5.82 Å². The molecule has 3 rings (SSSR count). The Balaban J connectivity index is 1.42. The molecule has 1 aromatic carbocycles.